The number of unbranched alkanes of at least 4 members (excludes halogenated alkanes) is 1. The van der Waals surface area contributed by atoms with E-state index < -0.39 is 0 Å². The van der Waals surface area contributed by atoms with Crippen LogP contribution in [0.25, 0.3) is 0 Å². The van der Waals surface area contributed by atoms with E-state index in [4.69, 9.17) is 0 Å². The Labute approximate surface area is 85.3 Å². The Morgan fingerprint density at radius 3 is 2.71 bits per heavy atom. The van der Waals surface area contributed by atoms with E-state index in [1.54, 1.807) is 6.07 Å². The van der Waals surface area contributed by atoms with Crippen molar-refractivity contribution >= 4 is 0 Å². The number of benzene rings is 1. The van der Waals surface area contributed by atoms with Crippen LogP contribution >= 0.6 is 0 Å². The second-order valence-corrected chi connectivity index (χ2v) is 3.55. The fourth-order valence-corrected chi connectivity index (χ4v) is 1.56. The van der Waals surface area contributed by atoms with Crippen LogP contribution in [-0.4, -0.2) is 7.05 Å². The van der Waals surface area contributed by atoms with E-state index in [-0.39, 0.29) is 5.82 Å². The van der Waals surface area contributed by atoms with Gasteiger partial charge in [-0.3, -0.25) is 0 Å². The lowest BCUT2D eigenvalue weighted by Crippen LogP contribution is -2.08. The summed E-state index contributed by atoms with van der Waals surface area (Å²) in [6, 6.07) is 5.06. The molecule has 0 radical (unpaired) electrons. The molecule has 2 heteroatoms. The van der Waals surface area contributed by atoms with E-state index in [9.17, 15) is 4.39 Å². The molecule has 0 fully saturated rings. The molecular weight excluding hydrogens is 177 g/mol. The zero-order chi connectivity index (χ0) is 10.4. The maximum Gasteiger partial charge on any atom is 0.123 e. The number of aryl methyl sites for hydroxylation is 1. The number of hydrogen-bond donors (Lipinski definition) is 1. The first-order valence-corrected chi connectivity index (χ1v) is 5.19. The summed E-state index contributed by atoms with van der Waals surface area (Å²) in [5.74, 6) is -0.129. The van der Waals surface area contributed by atoms with Crippen LogP contribution in [0.15, 0.2) is 18.2 Å². The summed E-state index contributed by atoms with van der Waals surface area (Å²) in [5, 5.41) is 3.10. The molecule has 0 spiro atoms. The maximum absolute atomic E-state index is 13.0. The highest BCUT2D eigenvalue weighted by molar-refractivity contribution is 5.28. The van der Waals surface area contributed by atoms with Crippen LogP contribution in [0.2, 0.25) is 0 Å². The molecule has 78 valence electrons. The molecule has 0 heterocycles. The Bertz CT molecular complexity index is 284. The van der Waals surface area contributed by atoms with Crippen LogP contribution in [-0.2, 0) is 13.0 Å². The summed E-state index contributed by atoms with van der Waals surface area (Å²) >= 11 is 0. The van der Waals surface area contributed by atoms with E-state index in [0.29, 0.717) is 0 Å². The molecule has 0 aromatic heterocycles. The van der Waals surface area contributed by atoms with Crippen LogP contribution in [0.5, 0.6) is 0 Å². The smallest absolute Gasteiger partial charge is 0.123 e. The van der Waals surface area contributed by atoms with Crippen molar-refractivity contribution in [3.63, 3.8) is 0 Å². The normalized spacial score (nSPS) is 10.5. The SMILES string of the molecule is CCCCc1cc(F)ccc1CNC. The van der Waals surface area contributed by atoms with Crippen molar-refractivity contribution in [1.82, 2.24) is 5.32 Å². The molecule has 0 aliphatic rings. The molecule has 14 heavy (non-hydrogen) atoms. The predicted molar refractivity (Wildman–Crippen MR) is 57.8 cm³/mol. The lowest BCUT2D eigenvalue weighted by atomic mass is 10.0. The molecule has 1 aromatic rings. The van der Waals surface area contributed by atoms with E-state index in [1.807, 2.05) is 13.1 Å². The first-order valence-electron chi connectivity index (χ1n) is 5.19. The lowest BCUT2D eigenvalue weighted by Gasteiger charge is -2.08. The first-order chi connectivity index (χ1) is 6.77. The van der Waals surface area contributed by atoms with Gasteiger partial charge in [-0.2, -0.15) is 0 Å². The summed E-state index contributed by atoms with van der Waals surface area (Å²) in [6.45, 7) is 2.97. The summed E-state index contributed by atoms with van der Waals surface area (Å²) in [6.07, 6.45) is 3.25. The highest BCUT2D eigenvalue weighted by Gasteiger charge is 2.02. The molecule has 0 unspecified atom stereocenters. The zero-order valence-corrected chi connectivity index (χ0v) is 8.94. The van der Waals surface area contributed by atoms with Gasteiger partial charge in [-0.15, -0.1) is 0 Å². The summed E-state index contributed by atoms with van der Waals surface area (Å²) in [5.41, 5.74) is 2.35. The van der Waals surface area contributed by atoms with Crippen molar-refractivity contribution in [1.29, 1.82) is 0 Å². The molecule has 0 amide bonds. The van der Waals surface area contributed by atoms with Gasteiger partial charge < -0.3 is 5.32 Å². The third kappa shape index (κ3) is 3.11. The highest BCUT2D eigenvalue weighted by Crippen LogP contribution is 2.14. The Kier molecular flexibility index (Phi) is 4.60. The Morgan fingerprint density at radius 1 is 1.29 bits per heavy atom. The van der Waals surface area contributed by atoms with Gasteiger partial charge in [0, 0.05) is 6.54 Å². The standard InChI is InChI=1S/C12H18FN/c1-3-4-5-10-8-12(13)7-6-11(10)9-14-2/h6-8,14H,3-5,9H2,1-2H3. The minimum Gasteiger partial charge on any atom is -0.316 e. The topological polar surface area (TPSA) is 12.0 Å². The monoisotopic (exact) mass is 195 g/mol. The zero-order valence-electron chi connectivity index (χ0n) is 8.94. The number of nitrogens with one attached hydrogen (secondary N) is 1. The number of rotatable bonds is 5. The molecular formula is C12H18FN. The Morgan fingerprint density at radius 2 is 2.07 bits per heavy atom. The predicted octanol–water partition coefficient (Wildman–Crippen LogP) is 2.89. The molecule has 0 bridgehead atoms. The molecule has 0 atom stereocenters. The van der Waals surface area contributed by atoms with Crippen molar-refractivity contribution in [2.24, 2.45) is 0 Å². The van der Waals surface area contributed by atoms with Crippen LogP contribution in [0.3, 0.4) is 0 Å². The fraction of sp³-hybridized carbons (Fsp3) is 0.500. The fourth-order valence-electron chi connectivity index (χ4n) is 1.56. The Balaban J connectivity index is 2.79. The average molecular weight is 195 g/mol. The molecule has 0 aliphatic heterocycles. The molecule has 0 saturated carbocycles. The van der Waals surface area contributed by atoms with Crippen LogP contribution in [0, 0.1) is 5.82 Å². The van der Waals surface area contributed by atoms with Gasteiger partial charge >= 0.3 is 0 Å². The van der Waals surface area contributed by atoms with Gasteiger partial charge in [0.2, 0.25) is 0 Å². The minimum absolute atomic E-state index is 0.129. The minimum atomic E-state index is -0.129. The molecule has 0 aliphatic carbocycles. The number of hydrogen-bond acceptors (Lipinski definition) is 1. The lowest BCUT2D eigenvalue weighted by molar-refractivity contribution is 0.621. The van der Waals surface area contributed by atoms with Gasteiger partial charge in [0.1, 0.15) is 5.82 Å². The second kappa shape index (κ2) is 5.76. The maximum atomic E-state index is 13.0. The van der Waals surface area contributed by atoms with E-state index in [0.717, 1.165) is 31.4 Å². The third-order valence-corrected chi connectivity index (χ3v) is 2.34. The van der Waals surface area contributed by atoms with Gasteiger partial charge in [-0.05, 0) is 43.1 Å². The van der Waals surface area contributed by atoms with Crippen LogP contribution in [0.1, 0.15) is 30.9 Å². The van der Waals surface area contributed by atoms with Crippen molar-refractivity contribution in [2.45, 2.75) is 32.7 Å². The molecule has 1 N–H and O–H groups in total. The van der Waals surface area contributed by atoms with E-state index in [2.05, 4.69) is 12.2 Å². The van der Waals surface area contributed by atoms with Crippen molar-refractivity contribution in [2.75, 3.05) is 7.05 Å². The van der Waals surface area contributed by atoms with Gasteiger partial charge in [0.25, 0.3) is 0 Å². The van der Waals surface area contributed by atoms with Crippen molar-refractivity contribution < 1.29 is 4.39 Å². The summed E-state index contributed by atoms with van der Waals surface area (Å²) < 4.78 is 13.0. The largest absolute Gasteiger partial charge is 0.316 e. The van der Waals surface area contributed by atoms with Gasteiger partial charge in [0.15, 0.2) is 0 Å². The molecule has 1 nitrogen and oxygen atoms in total. The van der Waals surface area contributed by atoms with E-state index in [1.165, 1.54) is 11.6 Å². The van der Waals surface area contributed by atoms with Gasteiger partial charge in [-0.25, -0.2) is 4.39 Å². The average Bonchev–Trinajstić information content (AvgIpc) is 2.18. The number of halogens is 1. The van der Waals surface area contributed by atoms with Crippen LogP contribution < -0.4 is 5.32 Å². The third-order valence-electron chi connectivity index (χ3n) is 2.34. The van der Waals surface area contributed by atoms with Crippen molar-refractivity contribution in [3.05, 3.63) is 35.1 Å². The first kappa shape index (κ1) is 11.2. The summed E-state index contributed by atoms with van der Waals surface area (Å²) in [7, 11) is 1.91. The van der Waals surface area contributed by atoms with Gasteiger partial charge in [-0.1, -0.05) is 19.4 Å². The van der Waals surface area contributed by atoms with Gasteiger partial charge in [0.05, 0.1) is 0 Å². The van der Waals surface area contributed by atoms with E-state index >= 15 is 0 Å². The quantitative estimate of drug-likeness (QED) is 0.761. The molecule has 0 saturated heterocycles. The van der Waals surface area contributed by atoms with Crippen LogP contribution in [0.4, 0.5) is 4.39 Å². The summed E-state index contributed by atoms with van der Waals surface area (Å²) in [4.78, 5) is 0. The Hall–Kier alpha value is -0.890. The van der Waals surface area contributed by atoms with Crippen molar-refractivity contribution in [3.8, 4) is 0 Å². The molecule has 1 aromatic carbocycles. The molecule has 1 rings (SSSR count). The second-order valence-electron chi connectivity index (χ2n) is 3.55. The highest BCUT2D eigenvalue weighted by atomic mass is 19.1.